The topological polar surface area (TPSA) is 84.3 Å². The average molecular weight is 416 g/mol. The molecular weight excluding hydrogens is 392 g/mol. The number of nitrogens with zero attached hydrogens (tertiary/aromatic N) is 3. The zero-order valence-corrected chi connectivity index (χ0v) is 17.2. The summed E-state index contributed by atoms with van der Waals surface area (Å²) in [6.45, 7) is 1.26. The third-order valence-corrected chi connectivity index (χ3v) is 5.24. The quantitative estimate of drug-likeness (QED) is 0.452. The van der Waals surface area contributed by atoms with Crippen molar-refractivity contribution in [3.05, 3.63) is 78.0 Å². The molecule has 3 amide bonds. The van der Waals surface area contributed by atoms with E-state index in [-0.39, 0.29) is 30.6 Å². The third kappa shape index (κ3) is 4.88. The van der Waals surface area contributed by atoms with Crippen LogP contribution >= 0.6 is 0 Å². The minimum absolute atomic E-state index is 0.134. The molecule has 1 aliphatic heterocycles. The van der Waals surface area contributed by atoms with E-state index >= 15 is 0 Å². The van der Waals surface area contributed by atoms with Crippen LogP contribution in [-0.4, -0.2) is 45.5 Å². The Morgan fingerprint density at radius 2 is 1.58 bits per heavy atom. The molecule has 7 heteroatoms. The molecule has 2 aromatic carbocycles. The van der Waals surface area contributed by atoms with Gasteiger partial charge in [0.05, 0.1) is 12.1 Å². The van der Waals surface area contributed by atoms with Gasteiger partial charge in [-0.2, -0.15) is 5.10 Å². The number of hydrogen-bond acceptors (Lipinski definition) is 4. The number of imide groups is 1. The Kier molecular flexibility index (Phi) is 6.21. The molecule has 7 nitrogen and oxygen atoms in total. The molecule has 0 atom stereocenters. The van der Waals surface area contributed by atoms with Crippen molar-refractivity contribution >= 4 is 17.7 Å². The number of nitrogens with one attached hydrogen (secondary N) is 1. The number of carbonyl (C=O) groups excluding carboxylic acids is 3. The average Bonchev–Trinajstić information content (AvgIpc) is 3.36. The summed E-state index contributed by atoms with van der Waals surface area (Å²) in [6.07, 6.45) is 2.85. The van der Waals surface area contributed by atoms with Gasteiger partial charge in [-0.25, -0.2) is 0 Å². The maximum atomic E-state index is 12.9. The van der Waals surface area contributed by atoms with Crippen molar-refractivity contribution < 1.29 is 14.4 Å². The lowest BCUT2D eigenvalue weighted by atomic mass is 10.1. The molecule has 0 unspecified atom stereocenters. The zero-order valence-electron chi connectivity index (χ0n) is 17.2. The summed E-state index contributed by atoms with van der Waals surface area (Å²) in [5, 5.41) is 7.56. The first-order valence-electron chi connectivity index (χ1n) is 10.4. The molecule has 0 saturated carbocycles. The largest absolute Gasteiger partial charge is 0.352 e. The fourth-order valence-corrected chi connectivity index (χ4v) is 3.65. The summed E-state index contributed by atoms with van der Waals surface area (Å²) >= 11 is 0. The monoisotopic (exact) mass is 416 g/mol. The third-order valence-electron chi connectivity index (χ3n) is 5.24. The molecule has 158 valence electrons. The van der Waals surface area contributed by atoms with Gasteiger partial charge in [0.1, 0.15) is 5.69 Å². The first-order chi connectivity index (χ1) is 15.1. The van der Waals surface area contributed by atoms with Gasteiger partial charge in [0.25, 0.3) is 5.91 Å². The van der Waals surface area contributed by atoms with Gasteiger partial charge >= 0.3 is 0 Å². The highest BCUT2D eigenvalue weighted by Crippen LogP contribution is 2.22. The van der Waals surface area contributed by atoms with Gasteiger partial charge in [0.15, 0.2) is 0 Å². The van der Waals surface area contributed by atoms with Crippen LogP contribution in [0, 0.1) is 0 Å². The standard InChI is InChI=1S/C24H24N4O3/c29-21-12-13-22(30)28(21)15-7-14-25-24(31)20-17-27(16-18-8-3-1-4-9-18)26-23(20)19-10-5-2-6-11-19/h1-6,8-11,17H,7,12-16H2,(H,25,31). The lowest BCUT2D eigenvalue weighted by Gasteiger charge is -2.13. The van der Waals surface area contributed by atoms with E-state index in [1.807, 2.05) is 60.7 Å². The van der Waals surface area contributed by atoms with Crippen molar-refractivity contribution in [1.29, 1.82) is 0 Å². The molecule has 1 N–H and O–H groups in total. The molecule has 0 bridgehead atoms. The summed E-state index contributed by atoms with van der Waals surface area (Å²) in [6, 6.07) is 19.5. The molecule has 1 saturated heterocycles. The molecule has 1 fully saturated rings. The van der Waals surface area contributed by atoms with Crippen molar-refractivity contribution in [1.82, 2.24) is 20.0 Å². The molecule has 2 heterocycles. The number of amides is 3. The second-order valence-electron chi connectivity index (χ2n) is 7.49. The lowest BCUT2D eigenvalue weighted by Crippen LogP contribution is -2.33. The second-order valence-corrected chi connectivity index (χ2v) is 7.49. The molecule has 0 radical (unpaired) electrons. The van der Waals surface area contributed by atoms with E-state index in [9.17, 15) is 14.4 Å². The minimum Gasteiger partial charge on any atom is -0.352 e. The summed E-state index contributed by atoms with van der Waals surface area (Å²) in [7, 11) is 0. The molecule has 31 heavy (non-hydrogen) atoms. The van der Waals surface area contributed by atoms with E-state index in [4.69, 9.17) is 0 Å². The summed E-state index contributed by atoms with van der Waals surface area (Å²) in [5.74, 6) is -0.494. The van der Waals surface area contributed by atoms with Crippen molar-refractivity contribution in [2.75, 3.05) is 13.1 Å². The van der Waals surface area contributed by atoms with E-state index in [2.05, 4.69) is 10.4 Å². The van der Waals surface area contributed by atoms with Crippen LogP contribution in [0.15, 0.2) is 66.9 Å². The predicted octanol–water partition coefficient (Wildman–Crippen LogP) is 2.87. The number of aromatic nitrogens is 2. The van der Waals surface area contributed by atoms with E-state index in [1.54, 1.807) is 10.9 Å². The van der Waals surface area contributed by atoms with Crippen LogP contribution in [0.5, 0.6) is 0 Å². The van der Waals surface area contributed by atoms with E-state index in [1.165, 1.54) is 4.90 Å². The van der Waals surface area contributed by atoms with Crippen LogP contribution in [0.3, 0.4) is 0 Å². The Balaban J connectivity index is 1.45. The predicted molar refractivity (Wildman–Crippen MR) is 116 cm³/mol. The molecule has 4 rings (SSSR count). The van der Waals surface area contributed by atoms with Crippen LogP contribution in [-0.2, 0) is 16.1 Å². The molecule has 1 aliphatic rings. The van der Waals surface area contributed by atoms with Gasteiger partial charge in [-0.3, -0.25) is 24.0 Å². The Hall–Kier alpha value is -3.74. The van der Waals surface area contributed by atoms with Crippen molar-refractivity contribution in [3.8, 4) is 11.3 Å². The van der Waals surface area contributed by atoms with Crippen molar-refractivity contribution in [3.63, 3.8) is 0 Å². The van der Waals surface area contributed by atoms with Crippen molar-refractivity contribution in [2.45, 2.75) is 25.8 Å². The van der Waals surface area contributed by atoms with Gasteiger partial charge < -0.3 is 5.32 Å². The number of benzene rings is 2. The summed E-state index contributed by atoms with van der Waals surface area (Å²) < 4.78 is 1.77. The van der Waals surface area contributed by atoms with Crippen LogP contribution in [0.25, 0.3) is 11.3 Å². The molecular formula is C24H24N4O3. The normalized spacial score (nSPS) is 13.6. The van der Waals surface area contributed by atoms with E-state index in [0.29, 0.717) is 37.3 Å². The SMILES string of the molecule is O=C(NCCCN1C(=O)CCC1=O)c1cn(Cc2ccccc2)nc1-c1ccccc1. The Morgan fingerprint density at radius 3 is 2.26 bits per heavy atom. The Morgan fingerprint density at radius 1 is 0.935 bits per heavy atom. The highest BCUT2D eigenvalue weighted by Gasteiger charge is 2.28. The minimum atomic E-state index is -0.225. The summed E-state index contributed by atoms with van der Waals surface area (Å²) in [4.78, 5) is 37.6. The van der Waals surface area contributed by atoms with Crippen LogP contribution in [0.2, 0.25) is 0 Å². The fraction of sp³-hybridized carbons (Fsp3) is 0.250. The van der Waals surface area contributed by atoms with E-state index in [0.717, 1.165) is 11.1 Å². The summed E-state index contributed by atoms with van der Waals surface area (Å²) in [5.41, 5.74) is 3.08. The van der Waals surface area contributed by atoms with Gasteiger partial charge in [-0.05, 0) is 12.0 Å². The molecule has 3 aromatic rings. The smallest absolute Gasteiger partial charge is 0.255 e. The highest BCUT2D eigenvalue weighted by atomic mass is 16.2. The molecule has 0 aliphatic carbocycles. The second kappa shape index (κ2) is 9.38. The Bertz CT molecular complexity index is 1060. The number of rotatable bonds is 8. The first-order valence-corrected chi connectivity index (χ1v) is 10.4. The lowest BCUT2D eigenvalue weighted by molar-refractivity contribution is -0.138. The van der Waals surface area contributed by atoms with Crippen LogP contribution in [0.4, 0.5) is 0 Å². The van der Waals surface area contributed by atoms with Gasteiger partial charge in [-0.15, -0.1) is 0 Å². The first kappa shape index (κ1) is 20.5. The van der Waals surface area contributed by atoms with E-state index < -0.39 is 0 Å². The maximum Gasteiger partial charge on any atom is 0.255 e. The van der Waals surface area contributed by atoms with Crippen LogP contribution < -0.4 is 5.32 Å². The number of hydrogen-bond donors (Lipinski definition) is 1. The van der Waals surface area contributed by atoms with Gasteiger partial charge in [-0.1, -0.05) is 60.7 Å². The molecule has 1 aromatic heterocycles. The van der Waals surface area contributed by atoms with Gasteiger partial charge in [0, 0.05) is 37.7 Å². The van der Waals surface area contributed by atoms with Crippen molar-refractivity contribution in [2.24, 2.45) is 0 Å². The fourth-order valence-electron chi connectivity index (χ4n) is 3.65. The maximum absolute atomic E-state index is 12.9. The Labute approximate surface area is 180 Å². The van der Waals surface area contributed by atoms with Gasteiger partial charge in [0.2, 0.25) is 11.8 Å². The highest BCUT2D eigenvalue weighted by molar-refractivity contribution is 6.02. The number of likely N-dealkylation sites (tertiary alicyclic amines) is 1. The zero-order chi connectivity index (χ0) is 21.6. The molecule has 0 spiro atoms. The van der Waals surface area contributed by atoms with Crippen LogP contribution in [0.1, 0.15) is 35.2 Å². The number of carbonyl (C=O) groups is 3.